The third kappa shape index (κ3) is 2.75. The predicted octanol–water partition coefficient (Wildman–Crippen LogP) is 2.06. The molecular weight excluding hydrogens is 170 g/mol. The van der Waals surface area contributed by atoms with E-state index in [2.05, 4.69) is 10.8 Å². The highest BCUT2D eigenvalue weighted by atomic mass is 32.2. The smallest absolute Gasteiger partial charge is 0.119 e. The van der Waals surface area contributed by atoms with E-state index in [1.165, 1.54) is 5.56 Å². The first kappa shape index (κ1) is 9.42. The molecule has 0 aliphatic carbocycles. The summed E-state index contributed by atoms with van der Waals surface area (Å²) in [6.07, 6.45) is 2.01. The monoisotopic (exact) mass is 183 g/mol. The summed E-state index contributed by atoms with van der Waals surface area (Å²) >= 11 is 1.62. The van der Waals surface area contributed by atoms with Crippen LogP contribution in [0.5, 0.6) is 5.75 Å². The molecule has 0 bridgehead atoms. The maximum atomic E-state index is 5.10. The first-order chi connectivity index (χ1) is 5.86. The second-order valence-electron chi connectivity index (χ2n) is 2.38. The maximum absolute atomic E-state index is 5.10. The Balaban J connectivity index is 2.60. The normalized spacial score (nSPS) is 9.83. The molecule has 0 amide bonds. The molecule has 2 nitrogen and oxygen atoms in total. The summed E-state index contributed by atoms with van der Waals surface area (Å²) in [6, 6.07) is 8.05. The first-order valence-corrected chi connectivity index (χ1v) is 4.98. The van der Waals surface area contributed by atoms with Crippen molar-refractivity contribution in [2.24, 2.45) is 0 Å². The Bertz CT molecular complexity index is 240. The molecule has 1 rings (SSSR count). The number of hydrogen-bond donors (Lipinski definition) is 1. The van der Waals surface area contributed by atoms with Crippen molar-refractivity contribution in [1.29, 1.82) is 0 Å². The molecule has 3 heteroatoms. The van der Waals surface area contributed by atoms with Gasteiger partial charge >= 0.3 is 0 Å². The molecule has 0 aliphatic rings. The molecule has 0 saturated heterocycles. The van der Waals surface area contributed by atoms with Crippen molar-refractivity contribution in [2.45, 2.75) is 6.54 Å². The lowest BCUT2D eigenvalue weighted by Crippen LogP contribution is -2.01. The van der Waals surface area contributed by atoms with Crippen LogP contribution in [0, 0.1) is 0 Å². The fraction of sp³-hybridized carbons (Fsp3) is 0.333. The van der Waals surface area contributed by atoms with Crippen molar-refractivity contribution in [3.05, 3.63) is 29.8 Å². The number of ether oxygens (including phenoxy) is 1. The van der Waals surface area contributed by atoms with Crippen LogP contribution in [0.1, 0.15) is 5.56 Å². The third-order valence-corrected chi connectivity index (χ3v) is 1.99. The van der Waals surface area contributed by atoms with E-state index in [0.717, 1.165) is 12.3 Å². The highest BCUT2D eigenvalue weighted by Gasteiger charge is 1.93. The van der Waals surface area contributed by atoms with E-state index >= 15 is 0 Å². The summed E-state index contributed by atoms with van der Waals surface area (Å²) in [4.78, 5) is 0. The van der Waals surface area contributed by atoms with E-state index in [9.17, 15) is 0 Å². The minimum absolute atomic E-state index is 0.873. The molecule has 1 aromatic carbocycles. The number of methoxy groups -OCH3 is 1. The third-order valence-electron chi connectivity index (χ3n) is 1.55. The first-order valence-electron chi connectivity index (χ1n) is 3.75. The van der Waals surface area contributed by atoms with Crippen molar-refractivity contribution in [1.82, 2.24) is 4.72 Å². The lowest BCUT2D eigenvalue weighted by molar-refractivity contribution is 0.414. The Morgan fingerprint density at radius 1 is 1.50 bits per heavy atom. The van der Waals surface area contributed by atoms with E-state index < -0.39 is 0 Å². The van der Waals surface area contributed by atoms with Crippen LogP contribution in [0.2, 0.25) is 0 Å². The molecule has 0 atom stereocenters. The summed E-state index contributed by atoms with van der Waals surface area (Å²) in [5.41, 5.74) is 1.24. The molecule has 0 saturated carbocycles. The van der Waals surface area contributed by atoms with Crippen LogP contribution < -0.4 is 9.46 Å². The number of benzene rings is 1. The average Bonchev–Trinajstić information content (AvgIpc) is 2.15. The van der Waals surface area contributed by atoms with E-state index in [1.807, 2.05) is 24.5 Å². The van der Waals surface area contributed by atoms with Gasteiger partial charge in [-0.15, -0.1) is 0 Å². The Hall–Kier alpha value is -0.670. The van der Waals surface area contributed by atoms with Gasteiger partial charge in [-0.05, 0) is 24.0 Å². The Morgan fingerprint density at radius 2 is 2.33 bits per heavy atom. The van der Waals surface area contributed by atoms with Gasteiger partial charge in [0.2, 0.25) is 0 Å². The summed E-state index contributed by atoms with van der Waals surface area (Å²) in [6.45, 7) is 0.873. The van der Waals surface area contributed by atoms with Crippen molar-refractivity contribution in [3.8, 4) is 5.75 Å². The molecule has 0 spiro atoms. The van der Waals surface area contributed by atoms with Gasteiger partial charge in [0.1, 0.15) is 5.75 Å². The van der Waals surface area contributed by atoms with Crippen LogP contribution in [0.15, 0.2) is 24.3 Å². The van der Waals surface area contributed by atoms with Gasteiger partial charge in [-0.25, -0.2) is 0 Å². The summed E-state index contributed by atoms with van der Waals surface area (Å²) in [5.74, 6) is 0.912. The molecule has 12 heavy (non-hydrogen) atoms. The summed E-state index contributed by atoms with van der Waals surface area (Å²) in [7, 11) is 1.68. The molecule has 0 aliphatic heterocycles. The standard InChI is InChI=1S/C9H13NOS/c1-11-9-5-3-4-8(6-9)7-10-12-2/h3-6,10H,7H2,1-2H3. The second-order valence-corrected chi connectivity index (χ2v) is 3.07. The van der Waals surface area contributed by atoms with Crippen molar-refractivity contribution >= 4 is 11.9 Å². The van der Waals surface area contributed by atoms with E-state index in [-0.39, 0.29) is 0 Å². The summed E-state index contributed by atoms with van der Waals surface area (Å²) < 4.78 is 8.28. The maximum Gasteiger partial charge on any atom is 0.119 e. The Morgan fingerprint density at radius 3 is 3.00 bits per heavy atom. The molecule has 66 valence electrons. The van der Waals surface area contributed by atoms with Crippen LogP contribution in [-0.2, 0) is 6.54 Å². The second kappa shape index (κ2) is 5.06. The topological polar surface area (TPSA) is 21.3 Å². The Labute approximate surface area is 77.4 Å². The van der Waals surface area contributed by atoms with Gasteiger partial charge in [0.05, 0.1) is 7.11 Å². The van der Waals surface area contributed by atoms with Crippen LogP contribution in [0.4, 0.5) is 0 Å². The summed E-state index contributed by atoms with van der Waals surface area (Å²) in [5, 5.41) is 0. The van der Waals surface area contributed by atoms with E-state index in [4.69, 9.17) is 4.74 Å². The number of nitrogens with one attached hydrogen (secondary N) is 1. The number of hydrogen-bond acceptors (Lipinski definition) is 3. The molecule has 0 radical (unpaired) electrons. The van der Waals surface area contributed by atoms with Crippen molar-refractivity contribution in [2.75, 3.05) is 13.4 Å². The molecule has 0 heterocycles. The van der Waals surface area contributed by atoms with Crippen LogP contribution in [0.3, 0.4) is 0 Å². The van der Waals surface area contributed by atoms with Crippen LogP contribution in [-0.4, -0.2) is 13.4 Å². The zero-order valence-corrected chi connectivity index (χ0v) is 8.15. The van der Waals surface area contributed by atoms with E-state index in [0.29, 0.717) is 0 Å². The zero-order valence-electron chi connectivity index (χ0n) is 7.33. The van der Waals surface area contributed by atoms with Crippen molar-refractivity contribution in [3.63, 3.8) is 0 Å². The zero-order chi connectivity index (χ0) is 8.81. The average molecular weight is 183 g/mol. The minimum atomic E-state index is 0.873. The highest BCUT2D eigenvalue weighted by molar-refractivity contribution is 7.96. The van der Waals surface area contributed by atoms with E-state index in [1.54, 1.807) is 19.1 Å². The molecule has 1 N–H and O–H groups in total. The fourth-order valence-corrected chi connectivity index (χ4v) is 1.25. The quantitative estimate of drug-likeness (QED) is 0.722. The van der Waals surface area contributed by atoms with Crippen LogP contribution >= 0.6 is 11.9 Å². The SMILES string of the molecule is COc1cccc(CNSC)c1. The molecule has 0 aromatic heterocycles. The minimum Gasteiger partial charge on any atom is -0.497 e. The lowest BCUT2D eigenvalue weighted by Gasteiger charge is -2.03. The molecular formula is C9H13NOS. The molecule has 1 aromatic rings. The van der Waals surface area contributed by atoms with Gasteiger partial charge < -0.3 is 4.74 Å². The van der Waals surface area contributed by atoms with Gasteiger partial charge in [0.15, 0.2) is 0 Å². The van der Waals surface area contributed by atoms with Crippen molar-refractivity contribution < 1.29 is 4.74 Å². The number of rotatable bonds is 4. The predicted molar refractivity (Wildman–Crippen MR) is 53.3 cm³/mol. The van der Waals surface area contributed by atoms with Gasteiger partial charge in [0, 0.05) is 6.54 Å². The fourth-order valence-electron chi connectivity index (χ4n) is 0.938. The van der Waals surface area contributed by atoms with Gasteiger partial charge in [-0.2, -0.15) is 0 Å². The lowest BCUT2D eigenvalue weighted by atomic mass is 10.2. The van der Waals surface area contributed by atoms with Crippen LogP contribution in [0.25, 0.3) is 0 Å². The molecule has 0 fully saturated rings. The highest BCUT2D eigenvalue weighted by Crippen LogP contribution is 2.12. The van der Waals surface area contributed by atoms with Gasteiger partial charge in [-0.1, -0.05) is 24.1 Å². The Kier molecular flexibility index (Phi) is 3.97. The largest absolute Gasteiger partial charge is 0.497 e. The van der Waals surface area contributed by atoms with Gasteiger partial charge in [0.25, 0.3) is 0 Å². The molecule has 0 unspecified atom stereocenters. The van der Waals surface area contributed by atoms with Gasteiger partial charge in [-0.3, -0.25) is 4.72 Å².